The molecule has 1 atom stereocenters. The van der Waals surface area contributed by atoms with E-state index in [9.17, 15) is 9.59 Å². The van der Waals surface area contributed by atoms with E-state index in [-0.39, 0.29) is 0 Å². The Hall–Kier alpha value is -2.63. The summed E-state index contributed by atoms with van der Waals surface area (Å²) in [5.41, 5.74) is 0.743. The van der Waals surface area contributed by atoms with Crippen molar-refractivity contribution >= 4 is 24.0 Å². The number of aliphatic imine (C=N–C) groups is 1. The Bertz CT molecular complexity index is 607. The zero-order chi connectivity index (χ0) is 17.2. The number of ether oxygens (including phenoxy) is 3. The Morgan fingerprint density at radius 2 is 1.87 bits per heavy atom. The number of methoxy groups -OCH3 is 3. The number of allylic oxidation sites excluding steroid dienone is 1. The summed E-state index contributed by atoms with van der Waals surface area (Å²) in [6, 6.07) is 5.24. The van der Waals surface area contributed by atoms with Gasteiger partial charge in [0.1, 0.15) is 0 Å². The van der Waals surface area contributed by atoms with Crippen LogP contribution in [0.25, 0.3) is 6.08 Å². The zero-order valence-electron chi connectivity index (χ0n) is 13.7. The fourth-order valence-corrected chi connectivity index (χ4v) is 1.83. The molecule has 0 saturated carbocycles. The van der Waals surface area contributed by atoms with Gasteiger partial charge in [0.15, 0.2) is 23.2 Å². The van der Waals surface area contributed by atoms with Gasteiger partial charge in [0.25, 0.3) is 0 Å². The average Bonchev–Trinajstić information content (AvgIpc) is 2.59. The van der Waals surface area contributed by atoms with Crippen LogP contribution in [-0.4, -0.2) is 45.8 Å². The summed E-state index contributed by atoms with van der Waals surface area (Å²) in [4.78, 5) is 27.8. The molecule has 0 saturated heterocycles. The van der Waals surface area contributed by atoms with E-state index >= 15 is 0 Å². The molecule has 6 heteroatoms. The van der Waals surface area contributed by atoms with Crippen LogP contribution in [0, 0.1) is 5.92 Å². The summed E-state index contributed by atoms with van der Waals surface area (Å²) in [7, 11) is 4.32. The van der Waals surface area contributed by atoms with Gasteiger partial charge in [-0.05, 0) is 30.7 Å². The van der Waals surface area contributed by atoms with Gasteiger partial charge in [-0.3, -0.25) is 14.6 Å². The molecule has 0 radical (unpaired) electrons. The van der Waals surface area contributed by atoms with Crippen molar-refractivity contribution in [2.75, 3.05) is 27.9 Å². The third-order valence-corrected chi connectivity index (χ3v) is 3.05. The number of carbonyl (C=O) groups excluding carboxylic acids is 2. The summed E-state index contributed by atoms with van der Waals surface area (Å²) < 4.78 is 15.0. The Morgan fingerprint density at radius 3 is 2.43 bits per heavy atom. The number of ketones is 1. The first-order valence-electron chi connectivity index (χ1n) is 7.09. The zero-order valence-corrected chi connectivity index (χ0v) is 13.7. The lowest BCUT2D eigenvalue weighted by Gasteiger charge is -2.08. The lowest BCUT2D eigenvalue weighted by molar-refractivity contribution is -0.145. The molecular weight excluding hydrogens is 298 g/mol. The highest BCUT2D eigenvalue weighted by molar-refractivity contribution is 6.17. The quantitative estimate of drug-likeness (QED) is 0.318. The van der Waals surface area contributed by atoms with E-state index < -0.39 is 17.7 Å². The van der Waals surface area contributed by atoms with Crippen LogP contribution in [0.3, 0.4) is 0 Å². The molecule has 0 spiro atoms. The molecular formula is C17H21NO5. The number of rotatable bonds is 8. The van der Waals surface area contributed by atoms with E-state index in [0.29, 0.717) is 18.0 Å². The molecule has 124 valence electrons. The lowest BCUT2D eigenvalue weighted by atomic mass is 10.0. The predicted molar refractivity (Wildman–Crippen MR) is 88.1 cm³/mol. The number of hydrogen-bond acceptors (Lipinski definition) is 6. The lowest BCUT2D eigenvalue weighted by Crippen LogP contribution is -2.25. The summed E-state index contributed by atoms with van der Waals surface area (Å²) in [5.74, 6) is -0.915. The van der Waals surface area contributed by atoms with Crippen LogP contribution in [0.1, 0.15) is 12.5 Å². The Morgan fingerprint density at radius 1 is 1.17 bits per heavy atom. The maximum absolute atomic E-state index is 12.2. The highest BCUT2D eigenvalue weighted by atomic mass is 16.5. The molecule has 23 heavy (non-hydrogen) atoms. The Labute approximate surface area is 135 Å². The minimum absolute atomic E-state index is 0.399. The van der Waals surface area contributed by atoms with E-state index in [1.807, 2.05) is 6.92 Å². The van der Waals surface area contributed by atoms with Crippen LogP contribution in [0.2, 0.25) is 0 Å². The van der Waals surface area contributed by atoms with Crippen molar-refractivity contribution in [1.82, 2.24) is 0 Å². The highest BCUT2D eigenvalue weighted by Gasteiger charge is 2.23. The van der Waals surface area contributed by atoms with Crippen molar-refractivity contribution in [2.24, 2.45) is 10.9 Å². The summed E-state index contributed by atoms with van der Waals surface area (Å²) in [6.07, 6.45) is 4.23. The maximum atomic E-state index is 12.2. The van der Waals surface area contributed by atoms with Gasteiger partial charge in [-0.2, -0.15) is 0 Å². The van der Waals surface area contributed by atoms with E-state index in [4.69, 9.17) is 9.47 Å². The minimum Gasteiger partial charge on any atom is -0.493 e. The van der Waals surface area contributed by atoms with Gasteiger partial charge in [-0.25, -0.2) is 0 Å². The normalized spacial score (nSPS) is 12.3. The van der Waals surface area contributed by atoms with Crippen molar-refractivity contribution in [3.05, 3.63) is 29.8 Å². The monoisotopic (exact) mass is 319 g/mol. The fourth-order valence-electron chi connectivity index (χ4n) is 1.83. The van der Waals surface area contributed by atoms with E-state index in [1.165, 1.54) is 26.5 Å². The summed E-state index contributed by atoms with van der Waals surface area (Å²) >= 11 is 0. The highest BCUT2D eigenvalue weighted by Crippen LogP contribution is 2.28. The molecule has 0 aliphatic rings. The van der Waals surface area contributed by atoms with E-state index in [2.05, 4.69) is 9.73 Å². The second kappa shape index (κ2) is 9.40. The van der Waals surface area contributed by atoms with Crippen LogP contribution < -0.4 is 9.47 Å². The number of carbonyl (C=O) groups is 2. The SMILES string of the molecule is CCN=CC(C(=O)C=Cc1ccc(OC)c(OC)c1)C(=O)OC. The van der Waals surface area contributed by atoms with Gasteiger partial charge in [0.2, 0.25) is 0 Å². The smallest absolute Gasteiger partial charge is 0.322 e. The second-order valence-corrected chi connectivity index (χ2v) is 4.50. The molecule has 0 heterocycles. The molecule has 0 N–H and O–H groups in total. The third-order valence-electron chi connectivity index (χ3n) is 3.05. The van der Waals surface area contributed by atoms with E-state index in [0.717, 1.165) is 5.56 Å². The molecule has 0 bridgehead atoms. The molecule has 0 amide bonds. The van der Waals surface area contributed by atoms with Crippen LogP contribution in [-0.2, 0) is 14.3 Å². The second-order valence-electron chi connectivity index (χ2n) is 4.50. The first kappa shape index (κ1) is 18.4. The van der Waals surface area contributed by atoms with Crippen molar-refractivity contribution in [3.8, 4) is 11.5 Å². The molecule has 1 unspecified atom stereocenters. The van der Waals surface area contributed by atoms with Gasteiger partial charge >= 0.3 is 5.97 Å². The predicted octanol–water partition coefficient (Wildman–Crippen LogP) is 2.17. The molecule has 1 aromatic rings. The number of esters is 1. The van der Waals surface area contributed by atoms with Crippen molar-refractivity contribution < 1.29 is 23.8 Å². The van der Waals surface area contributed by atoms with Crippen molar-refractivity contribution in [3.63, 3.8) is 0 Å². The Kier molecular flexibility index (Phi) is 7.53. The number of hydrogen-bond donors (Lipinski definition) is 0. The van der Waals surface area contributed by atoms with E-state index in [1.54, 1.807) is 31.4 Å². The topological polar surface area (TPSA) is 74.2 Å². The first-order valence-corrected chi connectivity index (χ1v) is 7.09. The van der Waals surface area contributed by atoms with Crippen LogP contribution in [0.4, 0.5) is 0 Å². The largest absolute Gasteiger partial charge is 0.493 e. The fraction of sp³-hybridized carbons (Fsp3) is 0.353. The standard InChI is InChI=1S/C17H21NO5/c1-5-18-11-13(17(20)23-4)14(19)8-6-12-7-9-15(21-2)16(10-12)22-3/h6-11,13H,5H2,1-4H3. The molecule has 0 fully saturated rings. The number of benzene rings is 1. The number of nitrogens with zero attached hydrogens (tertiary/aromatic N) is 1. The summed E-state index contributed by atoms with van der Waals surface area (Å²) in [5, 5.41) is 0. The summed E-state index contributed by atoms with van der Waals surface area (Å²) in [6.45, 7) is 2.30. The maximum Gasteiger partial charge on any atom is 0.322 e. The molecule has 1 rings (SSSR count). The average molecular weight is 319 g/mol. The van der Waals surface area contributed by atoms with Crippen molar-refractivity contribution in [2.45, 2.75) is 6.92 Å². The third kappa shape index (κ3) is 5.25. The molecule has 0 aliphatic carbocycles. The van der Waals surface area contributed by atoms with Crippen LogP contribution in [0.5, 0.6) is 11.5 Å². The molecule has 0 aliphatic heterocycles. The van der Waals surface area contributed by atoms with Gasteiger partial charge in [-0.15, -0.1) is 0 Å². The van der Waals surface area contributed by atoms with Gasteiger partial charge < -0.3 is 14.2 Å². The van der Waals surface area contributed by atoms with Gasteiger partial charge in [-0.1, -0.05) is 12.1 Å². The molecule has 0 aromatic heterocycles. The molecule has 1 aromatic carbocycles. The van der Waals surface area contributed by atoms with Crippen LogP contribution >= 0.6 is 0 Å². The first-order chi connectivity index (χ1) is 11.1. The van der Waals surface area contributed by atoms with Crippen molar-refractivity contribution in [1.29, 1.82) is 0 Å². The molecule has 6 nitrogen and oxygen atoms in total. The van der Waals surface area contributed by atoms with Gasteiger partial charge in [0.05, 0.1) is 21.3 Å². The van der Waals surface area contributed by atoms with Gasteiger partial charge in [0, 0.05) is 12.8 Å². The minimum atomic E-state index is -1.03. The Balaban J connectivity index is 2.95. The van der Waals surface area contributed by atoms with Crippen LogP contribution in [0.15, 0.2) is 29.3 Å².